The average molecular weight is 815 g/mol. The van der Waals surface area contributed by atoms with Crippen LogP contribution < -0.4 is 0 Å². The highest BCUT2D eigenvalue weighted by Crippen LogP contribution is 2.56. The van der Waals surface area contributed by atoms with Crippen molar-refractivity contribution in [3.63, 3.8) is 0 Å². The van der Waals surface area contributed by atoms with Gasteiger partial charge < -0.3 is 0 Å². The molecular weight excluding hydrogens is 777 g/mol. The van der Waals surface area contributed by atoms with Crippen LogP contribution in [0.5, 0.6) is 0 Å². The molecule has 0 aliphatic heterocycles. The normalized spacial score (nSPS) is 14.6. The van der Waals surface area contributed by atoms with E-state index in [4.69, 9.17) is 19.9 Å². The molecule has 11 aromatic rings. The topological polar surface area (TPSA) is 51.6 Å². The Morgan fingerprint density at radius 1 is 0.250 bits per heavy atom. The molecular formula is C60H38N4. The zero-order valence-electron chi connectivity index (χ0n) is 34.7. The Morgan fingerprint density at radius 3 is 1.09 bits per heavy atom. The summed E-state index contributed by atoms with van der Waals surface area (Å²) in [4.78, 5) is 21.2. The molecule has 0 amide bonds. The van der Waals surface area contributed by atoms with E-state index in [1.54, 1.807) is 0 Å². The SMILES string of the molecule is c1ccc(-c2cc(-c3cccc4ccccc34)nc(-c3ccc4c(c3)C3c5ccccc5C4c4cc(-c5nc(-c6ccccc6)cc(-c6cccc7ccccc67)n5)ccc43)n2)cc1. The molecule has 3 aliphatic carbocycles. The van der Waals surface area contributed by atoms with E-state index in [0.29, 0.717) is 0 Å². The van der Waals surface area contributed by atoms with Crippen LogP contribution >= 0.6 is 0 Å². The fraction of sp³-hybridized carbons (Fsp3) is 0.0333. The zero-order valence-corrected chi connectivity index (χ0v) is 34.7. The molecule has 0 radical (unpaired) electrons. The first kappa shape index (κ1) is 36.3. The molecule has 64 heavy (non-hydrogen) atoms. The zero-order chi connectivity index (χ0) is 42.1. The van der Waals surface area contributed by atoms with Gasteiger partial charge in [0.2, 0.25) is 0 Å². The van der Waals surface area contributed by atoms with Gasteiger partial charge in [0.15, 0.2) is 11.6 Å². The summed E-state index contributed by atoms with van der Waals surface area (Å²) in [7, 11) is 0. The first-order chi connectivity index (χ1) is 31.7. The maximum atomic E-state index is 5.34. The molecule has 3 aliphatic rings. The quantitative estimate of drug-likeness (QED) is 0.168. The largest absolute Gasteiger partial charge is 0.228 e. The van der Waals surface area contributed by atoms with E-state index in [2.05, 4.69) is 206 Å². The minimum atomic E-state index is 0.0536. The van der Waals surface area contributed by atoms with Gasteiger partial charge in [0, 0.05) is 45.2 Å². The summed E-state index contributed by atoms with van der Waals surface area (Å²) in [5.74, 6) is 1.54. The Kier molecular flexibility index (Phi) is 8.31. The molecule has 298 valence electrons. The Morgan fingerprint density at radius 2 is 0.625 bits per heavy atom. The number of hydrogen-bond donors (Lipinski definition) is 0. The van der Waals surface area contributed by atoms with Crippen LogP contribution in [0.4, 0.5) is 0 Å². The van der Waals surface area contributed by atoms with Crippen LogP contribution in [0.2, 0.25) is 0 Å². The van der Waals surface area contributed by atoms with Gasteiger partial charge in [0.05, 0.1) is 22.8 Å². The highest BCUT2D eigenvalue weighted by molar-refractivity contribution is 5.97. The second kappa shape index (κ2) is 14.6. The van der Waals surface area contributed by atoms with E-state index in [-0.39, 0.29) is 11.8 Å². The van der Waals surface area contributed by atoms with E-state index in [0.717, 1.165) is 67.8 Å². The first-order valence-electron chi connectivity index (χ1n) is 21.9. The van der Waals surface area contributed by atoms with Crippen molar-refractivity contribution >= 4 is 21.5 Å². The monoisotopic (exact) mass is 814 g/mol. The molecule has 0 spiro atoms. The van der Waals surface area contributed by atoms with Crippen molar-refractivity contribution in [1.29, 1.82) is 0 Å². The molecule has 2 aromatic heterocycles. The lowest BCUT2D eigenvalue weighted by molar-refractivity contribution is 0.754. The van der Waals surface area contributed by atoms with Crippen LogP contribution in [0.3, 0.4) is 0 Å². The highest BCUT2D eigenvalue weighted by atomic mass is 14.9. The molecule has 9 aromatic carbocycles. The Hall–Kier alpha value is -8.34. The molecule has 2 atom stereocenters. The minimum absolute atomic E-state index is 0.0536. The third kappa shape index (κ3) is 5.91. The van der Waals surface area contributed by atoms with Gasteiger partial charge in [-0.25, -0.2) is 19.9 Å². The highest BCUT2D eigenvalue weighted by Gasteiger charge is 2.41. The third-order valence-corrected chi connectivity index (χ3v) is 13.3. The second-order valence-corrected chi connectivity index (χ2v) is 16.9. The Balaban J connectivity index is 0.955. The maximum absolute atomic E-state index is 5.34. The van der Waals surface area contributed by atoms with E-state index in [1.807, 2.05) is 12.1 Å². The van der Waals surface area contributed by atoms with Gasteiger partial charge in [-0.1, -0.05) is 194 Å². The Labute approximate surface area is 371 Å². The van der Waals surface area contributed by atoms with Gasteiger partial charge in [0.1, 0.15) is 0 Å². The number of benzene rings is 9. The minimum Gasteiger partial charge on any atom is -0.228 e. The molecule has 0 N–H and O–H groups in total. The van der Waals surface area contributed by atoms with Crippen LogP contribution in [0.25, 0.3) is 89.4 Å². The van der Waals surface area contributed by atoms with Crippen LogP contribution in [0, 0.1) is 0 Å². The van der Waals surface area contributed by atoms with Gasteiger partial charge >= 0.3 is 0 Å². The predicted octanol–water partition coefficient (Wildman–Crippen LogP) is 14.6. The summed E-state index contributed by atoms with van der Waals surface area (Å²) in [6.07, 6.45) is 0. The lowest BCUT2D eigenvalue weighted by Crippen LogP contribution is -2.27. The molecule has 2 unspecified atom stereocenters. The van der Waals surface area contributed by atoms with Gasteiger partial charge in [-0.3, -0.25) is 0 Å². The summed E-state index contributed by atoms with van der Waals surface area (Å²) in [6, 6.07) is 77.9. The van der Waals surface area contributed by atoms with Gasteiger partial charge in [0.25, 0.3) is 0 Å². The predicted molar refractivity (Wildman–Crippen MR) is 260 cm³/mol. The van der Waals surface area contributed by atoms with Crippen molar-refractivity contribution in [2.24, 2.45) is 0 Å². The van der Waals surface area contributed by atoms with Gasteiger partial charge in [-0.15, -0.1) is 0 Å². The number of rotatable bonds is 6. The van der Waals surface area contributed by atoms with Crippen molar-refractivity contribution < 1.29 is 0 Å². The van der Waals surface area contributed by atoms with Crippen LogP contribution in [0.1, 0.15) is 45.2 Å². The van der Waals surface area contributed by atoms with Crippen LogP contribution in [-0.4, -0.2) is 19.9 Å². The van der Waals surface area contributed by atoms with Crippen molar-refractivity contribution in [2.45, 2.75) is 11.8 Å². The van der Waals surface area contributed by atoms with E-state index in [9.17, 15) is 0 Å². The summed E-state index contributed by atoms with van der Waals surface area (Å²) in [6.45, 7) is 0. The lowest BCUT2D eigenvalue weighted by atomic mass is 9.61. The fourth-order valence-corrected chi connectivity index (χ4v) is 10.3. The van der Waals surface area contributed by atoms with Crippen LogP contribution in [-0.2, 0) is 0 Å². The summed E-state index contributed by atoms with van der Waals surface area (Å²) < 4.78 is 0. The fourth-order valence-electron chi connectivity index (χ4n) is 10.3. The van der Waals surface area contributed by atoms with Crippen molar-refractivity contribution in [1.82, 2.24) is 19.9 Å². The summed E-state index contributed by atoms with van der Waals surface area (Å²) in [5, 5.41) is 4.72. The lowest BCUT2D eigenvalue weighted by Gasteiger charge is -2.42. The maximum Gasteiger partial charge on any atom is 0.160 e. The summed E-state index contributed by atoms with van der Waals surface area (Å²) >= 11 is 0. The smallest absolute Gasteiger partial charge is 0.160 e. The van der Waals surface area contributed by atoms with Crippen molar-refractivity contribution in [3.8, 4) is 67.8 Å². The first-order valence-corrected chi connectivity index (χ1v) is 21.9. The van der Waals surface area contributed by atoms with E-state index < -0.39 is 0 Å². The van der Waals surface area contributed by atoms with E-state index >= 15 is 0 Å². The molecule has 4 heteroatoms. The number of fused-ring (bicyclic) bond motifs is 2. The molecule has 0 fully saturated rings. The molecule has 14 rings (SSSR count). The second-order valence-electron chi connectivity index (χ2n) is 16.9. The van der Waals surface area contributed by atoms with Gasteiger partial charge in [-0.05, 0) is 79.2 Å². The number of nitrogens with zero attached hydrogens (tertiary/aromatic N) is 4. The number of hydrogen-bond acceptors (Lipinski definition) is 4. The average Bonchev–Trinajstić information content (AvgIpc) is 3.38. The number of aromatic nitrogens is 4. The molecule has 2 bridgehead atoms. The van der Waals surface area contributed by atoms with Gasteiger partial charge in [-0.2, -0.15) is 0 Å². The van der Waals surface area contributed by atoms with Crippen LogP contribution in [0.15, 0.2) is 218 Å². The third-order valence-electron chi connectivity index (χ3n) is 13.3. The molecule has 4 nitrogen and oxygen atoms in total. The molecule has 0 saturated carbocycles. The molecule has 2 heterocycles. The van der Waals surface area contributed by atoms with Crippen molar-refractivity contribution in [2.75, 3.05) is 0 Å². The van der Waals surface area contributed by atoms with E-state index in [1.165, 1.54) is 54.9 Å². The summed E-state index contributed by atoms with van der Waals surface area (Å²) in [5.41, 5.74) is 17.9. The standard InChI is InChI=1S/C60H38N4/c1-3-17-39(18-4-1)53-35-55(45-27-13-21-37-15-7-9-23-43(37)45)63-59(61-53)41-29-31-49-51(33-41)57-47-25-11-12-26-48(47)58(49)52-34-42(30-32-50(52)57)60-62-54(40-19-5-2-6-20-40)36-56(64-60)46-28-14-22-38-16-8-10-24-44(38)46/h1-36,57-58H. The van der Waals surface area contributed by atoms with Crippen molar-refractivity contribution in [3.05, 3.63) is 252 Å². The molecule has 0 saturated heterocycles. The Bertz CT molecular complexity index is 3380.